The zero-order valence-corrected chi connectivity index (χ0v) is 25.6. The summed E-state index contributed by atoms with van der Waals surface area (Å²) >= 11 is 0. The molecule has 6 heteroatoms. The fourth-order valence-electron chi connectivity index (χ4n) is 7.11. The van der Waals surface area contributed by atoms with Crippen LogP contribution in [-0.2, 0) is 0 Å². The molecule has 0 saturated heterocycles. The van der Waals surface area contributed by atoms with Gasteiger partial charge >= 0.3 is 0 Å². The van der Waals surface area contributed by atoms with Crippen molar-refractivity contribution < 1.29 is 9.15 Å². The molecule has 6 nitrogen and oxygen atoms in total. The van der Waals surface area contributed by atoms with Crippen molar-refractivity contribution in [1.82, 2.24) is 19.9 Å². The molecule has 3 aromatic heterocycles. The molecule has 0 spiro atoms. The van der Waals surface area contributed by atoms with E-state index in [4.69, 9.17) is 24.1 Å². The van der Waals surface area contributed by atoms with E-state index in [1.165, 1.54) is 0 Å². The molecule has 0 amide bonds. The van der Waals surface area contributed by atoms with Crippen LogP contribution in [0.3, 0.4) is 0 Å². The summed E-state index contributed by atoms with van der Waals surface area (Å²) in [5.41, 5.74) is 7.56. The summed E-state index contributed by atoms with van der Waals surface area (Å²) in [7, 11) is 0. The van der Waals surface area contributed by atoms with Crippen LogP contribution >= 0.6 is 0 Å². The van der Waals surface area contributed by atoms with Crippen LogP contribution in [0, 0.1) is 0 Å². The average Bonchev–Trinajstić information content (AvgIpc) is 3.72. The van der Waals surface area contributed by atoms with E-state index < -0.39 is 0 Å². The molecule has 48 heavy (non-hydrogen) atoms. The highest BCUT2D eigenvalue weighted by Gasteiger charge is 2.37. The first-order chi connectivity index (χ1) is 23.8. The van der Waals surface area contributed by atoms with Gasteiger partial charge in [0.2, 0.25) is 0 Å². The maximum Gasteiger partial charge on any atom is 0.164 e. The molecule has 10 rings (SSSR count). The van der Waals surface area contributed by atoms with Crippen molar-refractivity contribution in [3.05, 3.63) is 150 Å². The molecule has 1 aliphatic carbocycles. The second-order valence-corrected chi connectivity index (χ2v) is 12.2. The quantitative estimate of drug-likeness (QED) is 0.199. The summed E-state index contributed by atoms with van der Waals surface area (Å²) in [6.07, 6.45) is 6.02. The van der Waals surface area contributed by atoms with Crippen LogP contribution in [0.4, 0.5) is 0 Å². The first-order valence-corrected chi connectivity index (χ1v) is 16.0. The second kappa shape index (κ2) is 10.6. The van der Waals surface area contributed by atoms with Crippen LogP contribution in [0.1, 0.15) is 11.5 Å². The van der Waals surface area contributed by atoms with E-state index in [9.17, 15) is 0 Å². The largest absolute Gasteiger partial charge is 0.485 e. The topological polar surface area (TPSA) is 73.9 Å². The lowest BCUT2D eigenvalue weighted by molar-refractivity contribution is 0.288. The van der Waals surface area contributed by atoms with Crippen LogP contribution < -0.4 is 15.3 Å². The Hall–Kier alpha value is -6.40. The highest BCUT2D eigenvalue weighted by Crippen LogP contribution is 2.49. The summed E-state index contributed by atoms with van der Waals surface area (Å²) in [4.78, 5) is 19.9. The average molecular weight is 619 g/mol. The molecule has 2 unspecified atom stereocenters. The maximum absolute atomic E-state index is 6.78. The van der Waals surface area contributed by atoms with Gasteiger partial charge in [0.15, 0.2) is 17.5 Å². The molecule has 1 aliphatic heterocycles. The Kier molecular flexibility index (Phi) is 5.90. The third-order valence-corrected chi connectivity index (χ3v) is 9.30. The minimum absolute atomic E-state index is 0.0385. The number of hydrogen-bond acceptors (Lipinski definition) is 6. The summed E-state index contributed by atoms with van der Waals surface area (Å²) in [6, 6.07) is 43.0. The van der Waals surface area contributed by atoms with E-state index in [0.717, 1.165) is 71.6 Å². The number of para-hydroxylation sites is 1. The molecule has 2 aliphatic rings. The molecular formula is C42H26N4O2. The van der Waals surface area contributed by atoms with E-state index in [2.05, 4.69) is 47.5 Å². The van der Waals surface area contributed by atoms with Crippen LogP contribution in [0.15, 0.2) is 138 Å². The zero-order chi connectivity index (χ0) is 31.6. The van der Waals surface area contributed by atoms with Crippen molar-refractivity contribution >= 4 is 34.1 Å². The lowest BCUT2D eigenvalue weighted by atomic mass is 9.86. The molecule has 0 N–H and O–H groups in total. The van der Waals surface area contributed by atoms with E-state index >= 15 is 0 Å². The van der Waals surface area contributed by atoms with Gasteiger partial charge in [-0.25, -0.2) is 15.0 Å². The molecule has 5 aromatic carbocycles. The van der Waals surface area contributed by atoms with Crippen molar-refractivity contribution in [3.63, 3.8) is 0 Å². The number of rotatable bonds is 4. The number of aromatic nitrogens is 4. The Morgan fingerprint density at radius 2 is 1.25 bits per heavy atom. The van der Waals surface area contributed by atoms with Gasteiger partial charge in [-0.2, -0.15) is 0 Å². The lowest BCUT2D eigenvalue weighted by Gasteiger charge is -2.17. The molecule has 4 heterocycles. The summed E-state index contributed by atoms with van der Waals surface area (Å²) < 4.78 is 13.1. The van der Waals surface area contributed by atoms with Gasteiger partial charge in [0.05, 0.1) is 5.35 Å². The maximum atomic E-state index is 6.78. The first-order valence-electron chi connectivity index (χ1n) is 16.0. The van der Waals surface area contributed by atoms with E-state index in [0.29, 0.717) is 17.5 Å². The minimum atomic E-state index is -0.203. The highest BCUT2D eigenvalue weighted by atomic mass is 16.5. The monoisotopic (exact) mass is 618 g/mol. The highest BCUT2D eigenvalue weighted by molar-refractivity contribution is 6.12. The zero-order valence-electron chi connectivity index (χ0n) is 25.6. The van der Waals surface area contributed by atoms with Gasteiger partial charge in [-0.1, -0.05) is 103 Å². The molecule has 2 atom stereocenters. The second-order valence-electron chi connectivity index (χ2n) is 12.2. The van der Waals surface area contributed by atoms with Crippen molar-refractivity contribution in [2.24, 2.45) is 0 Å². The predicted molar refractivity (Wildman–Crippen MR) is 188 cm³/mol. The van der Waals surface area contributed by atoms with Crippen molar-refractivity contribution in [3.8, 4) is 51.0 Å². The van der Waals surface area contributed by atoms with Gasteiger partial charge in [-0.15, -0.1) is 0 Å². The van der Waals surface area contributed by atoms with Crippen LogP contribution in [0.2, 0.25) is 0 Å². The standard InChI is InChI=1S/C42H26N4O2/c1-3-11-25(12-4-1)40-44-41(26-13-5-2-6-14-26)46-42(45-40)32-22-28(29-17-9-19-35-38(29)30-16-7-8-18-34(30)47-35)23-37-39(32)31-21-27-15-10-20-43-33(27)24-36(31)48-37/h1-24,31,36H. The Balaban J connectivity index is 1.27. The number of pyridine rings is 1. The number of furan rings is 1. The van der Waals surface area contributed by atoms with Crippen LogP contribution in [-0.4, -0.2) is 26.0 Å². The Labute approximate surface area is 275 Å². The molecular weight excluding hydrogens is 592 g/mol. The van der Waals surface area contributed by atoms with Gasteiger partial charge in [-0.3, -0.25) is 4.98 Å². The third kappa shape index (κ3) is 4.27. The first kappa shape index (κ1) is 26.8. The summed E-state index contributed by atoms with van der Waals surface area (Å²) in [5.74, 6) is 2.60. The summed E-state index contributed by atoms with van der Waals surface area (Å²) in [5, 5.41) is 4.15. The van der Waals surface area contributed by atoms with Gasteiger partial charge < -0.3 is 9.15 Å². The molecule has 0 fully saturated rings. The third-order valence-electron chi connectivity index (χ3n) is 9.30. The molecule has 226 valence electrons. The van der Waals surface area contributed by atoms with Crippen molar-refractivity contribution in [1.29, 1.82) is 0 Å². The van der Waals surface area contributed by atoms with Crippen molar-refractivity contribution in [2.45, 2.75) is 12.0 Å². The van der Waals surface area contributed by atoms with Gasteiger partial charge in [0.1, 0.15) is 23.0 Å². The number of benzene rings is 5. The van der Waals surface area contributed by atoms with E-state index in [-0.39, 0.29) is 12.0 Å². The predicted octanol–water partition coefficient (Wildman–Crippen LogP) is 7.95. The number of ether oxygens (including phenoxy) is 1. The van der Waals surface area contributed by atoms with Crippen LogP contribution in [0.25, 0.3) is 79.4 Å². The molecule has 0 bridgehead atoms. The lowest BCUT2D eigenvalue weighted by Crippen LogP contribution is -2.36. The molecule has 0 radical (unpaired) electrons. The van der Waals surface area contributed by atoms with E-state index in [1.807, 2.05) is 103 Å². The summed E-state index contributed by atoms with van der Waals surface area (Å²) in [6.45, 7) is 0. The SMILES string of the molecule is C1=c2cccnc2=CC2Oc3cc(-c4cccc5oc6ccccc6c45)cc(-c4nc(-c5ccccc5)nc(-c5ccccc5)n4)c3C12. The van der Waals surface area contributed by atoms with Crippen molar-refractivity contribution in [2.75, 3.05) is 0 Å². The van der Waals surface area contributed by atoms with Gasteiger partial charge in [-0.05, 0) is 52.8 Å². The van der Waals surface area contributed by atoms with Gasteiger partial charge in [0.25, 0.3) is 0 Å². The smallest absolute Gasteiger partial charge is 0.164 e. The Morgan fingerprint density at radius 3 is 2.04 bits per heavy atom. The fourth-order valence-corrected chi connectivity index (χ4v) is 7.11. The number of hydrogen-bond donors (Lipinski definition) is 0. The normalized spacial score (nSPS) is 16.0. The number of nitrogens with zero attached hydrogens (tertiary/aromatic N) is 4. The van der Waals surface area contributed by atoms with E-state index in [1.54, 1.807) is 0 Å². The van der Waals surface area contributed by atoms with Gasteiger partial charge in [0, 0.05) is 45.1 Å². The fraction of sp³-hybridized carbons (Fsp3) is 0.0476. The Morgan fingerprint density at radius 1 is 0.542 bits per heavy atom. The molecule has 8 aromatic rings. The van der Waals surface area contributed by atoms with Crippen LogP contribution in [0.5, 0.6) is 5.75 Å². The number of fused-ring (bicyclic) bond motifs is 7. The molecule has 0 saturated carbocycles. The Bertz CT molecular complexity index is 2610. The minimum Gasteiger partial charge on any atom is -0.485 e.